The predicted molar refractivity (Wildman–Crippen MR) is 207 cm³/mol. The zero-order valence-electron chi connectivity index (χ0n) is 29.4. The Morgan fingerprint density at radius 3 is 1.81 bits per heavy atom. The minimum atomic E-state index is -1.03. The molecule has 0 bridgehead atoms. The van der Waals surface area contributed by atoms with Crippen molar-refractivity contribution in [2.75, 3.05) is 4.90 Å². The fourth-order valence-electron chi connectivity index (χ4n) is 6.84. The summed E-state index contributed by atoms with van der Waals surface area (Å²) in [5.41, 5.74) is 6.46. The van der Waals surface area contributed by atoms with E-state index in [9.17, 15) is 14.7 Å². The second-order valence-electron chi connectivity index (χ2n) is 12.9. The summed E-state index contributed by atoms with van der Waals surface area (Å²) in [7, 11) is 0. The minimum absolute atomic E-state index is 0.0458. The highest BCUT2D eigenvalue weighted by molar-refractivity contribution is 5.95. The summed E-state index contributed by atoms with van der Waals surface area (Å²) in [6.07, 6.45) is 2.02. The fraction of sp³-hybridized carbons (Fsp3) is 0.133. The molecule has 8 heteroatoms. The smallest absolute Gasteiger partial charge is 0.335 e. The molecule has 0 fully saturated rings. The number of carboxylic acids is 1. The topological polar surface area (TPSA) is 101 Å². The first-order valence-corrected chi connectivity index (χ1v) is 17.8. The van der Waals surface area contributed by atoms with Crippen molar-refractivity contribution >= 4 is 17.6 Å². The van der Waals surface area contributed by atoms with E-state index in [-0.39, 0.29) is 11.5 Å². The van der Waals surface area contributed by atoms with Crippen LogP contribution in [0.1, 0.15) is 58.8 Å². The Bertz CT molecular complexity index is 2210. The maximum absolute atomic E-state index is 13.4. The van der Waals surface area contributed by atoms with Crippen molar-refractivity contribution in [1.82, 2.24) is 20.2 Å². The first-order valence-electron chi connectivity index (χ1n) is 17.8. The van der Waals surface area contributed by atoms with E-state index in [1.54, 1.807) is 27.9 Å². The van der Waals surface area contributed by atoms with Gasteiger partial charge in [0.2, 0.25) is 11.7 Å². The van der Waals surface area contributed by atoms with Gasteiger partial charge in [0.05, 0.1) is 12.1 Å². The van der Waals surface area contributed by atoms with Crippen molar-refractivity contribution < 1.29 is 14.7 Å². The van der Waals surface area contributed by atoms with Crippen molar-refractivity contribution in [1.29, 1.82) is 0 Å². The van der Waals surface area contributed by atoms with Gasteiger partial charge in [-0.3, -0.25) is 4.79 Å². The second kappa shape index (κ2) is 15.7. The summed E-state index contributed by atoms with van der Waals surface area (Å²) in [5.74, 6) is -0.588. The molecule has 7 aromatic rings. The van der Waals surface area contributed by atoms with Gasteiger partial charge in [-0.2, -0.15) is 0 Å². The van der Waals surface area contributed by atoms with Crippen LogP contribution in [0.25, 0.3) is 22.5 Å². The lowest BCUT2D eigenvalue weighted by atomic mass is 9.77. The number of nitrogens with zero attached hydrogens (tertiary/aromatic N) is 5. The molecule has 0 unspecified atom stereocenters. The number of carboxylic acid groups (broad SMARTS) is 1. The van der Waals surface area contributed by atoms with E-state index in [1.807, 2.05) is 110 Å². The molecule has 1 aromatic heterocycles. The van der Waals surface area contributed by atoms with Crippen LogP contribution in [0.15, 0.2) is 164 Å². The van der Waals surface area contributed by atoms with Gasteiger partial charge < -0.3 is 10.0 Å². The van der Waals surface area contributed by atoms with Crippen LogP contribution in [0.4, 0.5) is 5.69 Å². The minimum Gasteiger partial charge on any atom is -0.478 e. The van der Waals surface area contributed by atoms with Gasteiger partial charge in [-0.1, -0.05) is 159 Å². The molecule has 1 N–H and O–H groups in total. The van der Waals surface area contributed by atoms with Crippen LogP contribution in [0.2, 0.25) is 0 Å². The molecule has 1 amide bonds. The Morgan fingerprint density at radius 1 is 0.679 bits per heavy atom. The van der Waals surface area contributed by atoms with Crippen LogP contribution < -0.4 is 4.90 Å². The fourth-order valence-corrected chi connectivity index (χ4v) is 6.84. The van der Waals surface area contributed by atoms with Crippen LogP contribution in [0.5, 0.6) is 0 Å². The van der Waals surface area contributed by atoms with Crippen molar-refractivity contribution in [2.45, 2.75) is 38.3 Å². The average Bonchev–Trinajstić information content (AvgIpc) is 3.71. The summed E-state index contributed by atoms with van der Waals surface area (Å²) in [5, 5.41) is 24.1. The number of tetrazole rings is 1. The first kappa shape index (κ1) is 34.8. The van der Waals surface area contributed by atoms with E-state index in [4.69, 9.17) is 10.3 Å². The van der Waals surface area contributed by atoms with Gasteiger partial charge in [-0.25, -0.2) is 4.79 Å². The van der Waals surface area contributed by atoms with Crippen LogP contribution in [-0.2, 0) is 16.9 Å². The summed E-state index contributed by atoms with van der Waals surface area (Å²) in [6, 6.07) is 53.4. The molecule has 53 heavy (non-hydrogen) atoms. The normalized spacial score (nSPS) is 11.3. The maximum Gasteiger partial charge on any atom is 0.335 e. The number of aromatic carboxylic acids is 1. The van der Waals surface area contributed by atoms with Gasteiger partial charge in [-0.15, -0.1) is 15.0 Å². The highest BCUT2D eigenvalue weighted by Crippen LogP contribution is 2.40. The van der Waals surface area contributed by atoms with Gasteiger partial charge in [0.25, 0.3) is 0 Å². The third kappa shape index (κ3) is 7.12. The number of anilines is 1. The molecule has 0 aliphatic carbocycles. The molecule has 1 heterocycles. The lowest BCUT2D eigenvalue weighted by molar-refractivity contribution is -0.118. The number of aromatic nitrogens is 4. The Balaban J connectivity index is 1.25. The molecular formula is C45H39N5O3. The Hall–Kier alpha value is -6.67. The molecule has 0 spiro atoms. The third-order valence-corrected chi connectivity index (χ3v) is 9.51. The summed E-state index contributed by atoms with van der Waals surface area (Å²) in [4.78, 5) is 28.5. The highest BCUT2D eigenvalue weighted by Gasteiger charge is 2.41. The first-order chi connectivity index (χ1) is 26.0. The van der Waals surface area contributed by atoms with E-state index in [2.05, 4.69) is 41.5 Å². The van der Waals surface area contributed by atoms with Gasteiger partial charge in [0.1, 0.15) is 0 Å². The summed E-state index contributed by atoms with van der Waals surface area (Å²) >= 11 is 0. The molecule has 0 atom stereocenters. The number of rotatable bonds is 13. The standard InChI is InChI=1S/C45H39N5O3/c1-2-3-26-42(51)49(39-23-15-16-35(31-39)44(52)53)32-33-27-29-34(30-28-33)40-24-13-14-25-41(40)43-46-48-50(47-43)45(36-17-7-4-8-18-36,37-19-9-5-10-20-37)38-21-11-6-12-22-38/h4-25,27-31H,2-3,26,32H2,1H3,(H,52,53). The highest BCUT2D eigenvalue weighted by atomic mass is 16.4. The summed E-state index contributed by atoms with van der Waals surface area (Å²) in [6.45, 7) is 2.35. The van der Waals surface area contributed by atoms with Crippen LogP contribution in [0, 0.1) is 0 Å². The molecule has 0 saturated heterocycles. The Labute approximate surface area is 309 Å². The van der Waals surface area contributed by atoms with Crippen LogP contribution >= 0.6 is 0 Å². The van der Waals surface area contributed by atoms with Gasteiger partial charge in [0.15, 0.2) is 5.54 Å². The number of hydrogen-bond acceptors (Lipinski definition) is 5. The number of unbranched alkanes of at least 4 members (excludes halogenated alkanes) is 1. The van der Waals surface area contributed by atoms with Crippen molar-refractivity contribution in [2.24, 2.45) is 0 Å². The second-order valence-corrected chi connectivity index (χ2v) is 12.9. The molecule has 0 aliphatic rings. The van der Waals surface area contributed by atoms with Crippen molar-refractivity contribution in [3.63, 3.8) is 0 Å². The lowest BCUT2D eigenvalue weighted by Crippen LogP contribution is -2.39. The monoisotopic (exact) mass is 697 g/mol. The molecule has 0 radical (unpaired) electrons. The molecule has 262 valence electrons. The van der Waals surface area contributed by atoms with Gasteiger partial charge >= 0.3 is 5.97 Å². The SMILES string of the molecule is CCCCC(=O)N(Cc1ccc(-c2ccccc2-c2nnn(C(c3ccccc3)(c3ccccc3)c3ccccc3)n2)cc1)c1cccc(C(=O)O)c1. The summed E-state index contributed by atoms with van der Waals surface area (Å²) < 4.78 is 0. The molecule has 6 aromatic carbocycles. The Kier molecular flexibility index (Phi) is 10.3. The zero-order valence-corrected chi connectivity index (χ0v) is 29.4. The third-order valence-electron chi connectivity index (χ3n) is 9.51. The Morgan fingerprint density at radius 2 is 1.25 bits per heavy atom. The largest absolute Gasteiger partial charge is 0.478 e. The van der Waals surface area contributed by atoms with Crippen molar-refractivity contribution in [3.8, 4) is 22.5 Å². The lowest BCUT2D eigenvalue weighted by Gasteiger charge is -2.34. The van der Waals surface area contributed by atoms with E-state index in [0.29, 0.717) is 24.5 Å². The number of hydrogen-bond donors (Lipinski definition) is 1. The number of carbonyl (C=O) groups is 2. The van der Waals surface area contributed by atoms with Crippen LogP contribution in [-0.4, -0.2) is 37.2 Å². The van der Waals surface area contributed by atoms with E-state index >= 15 is 0 Å². The van der Waals surface area contributed by atoms with E-state index < -0.39 is 11.5 Å². The number of carbonyl (C=O) groups excluding carboxylic acids is 1. The molecule has 8 nitrogen and oxygen atoms in total. The predicted octanol–water partition coefficient (Wildman–Crippen LogP) is 9.27. The van der Waals surface area contributed by atoms with Gasteiger partial charge in [-0.05, 0) is 63.2 Å². The van der Waals surface area contributed by atoms with Crippen molar-refractivity contribution in [3.05, 3.63) is 192 Å². The quantitative estimate of drug-likeness (QED) is 0.121. The number of benzene rings is 6. The molecule has 0 aliphatic heterocycles. The molecule has 7 rings (SSSR count). The van der Waals surface area contributed by atoms with Crippen LogP contribution in [0.3, 0.4) is 0 Å². The van der Waals surface area contributed by atoms with Gasteiger partial charge in [0, 0.05) is 17.7 Å². The zero-order chi connectivity index (χ0) is 36.6. The maximum atomic E-state index is 13.4. The average molecular weight is 698 g/mol. The van der Waals surface area contributed by atoms with E-state index in [0.717, 1.165) is 51.8 Å². The molecular weight excluding hydrogens is 659 g/mol. The van der Waals surface area contributed by atoms with E-state index in [1.165, 1.54) is 6.07 Å². The molecule has 0 saturated carbocycles. The number of amides is 1.